The van der Waals surface area contributed by atoms with E-state index in [-0.39, 0.29) is 18.2 Å². The molecule has 0 radical (unpaired) electrons. The van der Waals surface area contributed by atoms with Crippen LogP contribution in [0.25, 0.3) is 0 Å². The van der Waals surface area contributed by atoms with Crippen molar-refractivity contribution in [3.63, 3.8) is 0 Å². The minimum absolute atomic E-state index is 0.0990. The summed E-state index contributed by atoms with van der Waals surface area (Å²) < 4.78 is 33.7. The van der Waals surface area contributed by atoms with Crippen LogP contribution in [0.1, 0.15) is 42.9 Å². The van der Waals surface area contributed by atoms with Gasteiger partial charge in [-0.05, 0) is 42.7 Å². The third-order valence-corrected chi connectivity index (χ3v) is 6.36. The molecular weight excluding hydrogens is 390 g/mol. The number of hydrogen-bond donors (Lipinski definition) is 0. The monoisotopic (exact) mass is 410 g/mol. The van der Waals surface area contributed by atoms with E-state index < -0.39 is 17.2 Å². The fourth-order valence-corrected chi connectivity index (χ4v) is 4.90. The highest BCUT2D eigenvalue weighted by atomic mass is 19.1. The first kappa shape index (κ1) is 18.9. The number of piperidine rings is 1. The molecule has 3 saturated heterocycles. The van der Waals surface area contributed by atoms with Gasteiger partial charge in [-0.1, -0.05) is 0 Å². The first-order chi connectivity index (χ1) is 14.5. The van der Waals surface area contributed by atoms with Crippen molar-refractivity contribution in [2.24, 2.45) is 0 Å². The van der Waals surface area contributed by atoms with Crippen LogP contribution in [0.4, 0.5) is 14.6 Å². The second-order valence-electron chi connectivity index (χ2n) is 8.08. The van der Waals surface area contributed by atoms with Crippen LogP contribution in [0, 0.1) is 23.0 Å². The third kappa shape index (κ3) is 3.01. The molecule has 2 aromatic rings. The van der Waals surface area contributed by atoms with Crippen molar-refractivity contribution in [3.05, 3.63) is 59.3 Å². The largest absolute Gasteiger partial charge is 0.356 e. The van der Waals surface area contributed by atoms with E-state index in [1.165, 1.54) is 12.1 Å². The van der Waals surface area contributed by atoms with E-state index >= 15 is 0 Å². The molecule has 0 aliphatic carbocycles. The number of fused-ring (bicyclic) bond motifs is 1. The summed E-state index contributed by atoms with van der Waals surface area (Å²) in [4.78, 5) is 21.5. The molecule has 1 amide bonds. The molecule has 0 bridgehead atoms. The zero-order valence-corrected chi connectivity index (χ0v) is 16.2. The molecule has 8 heteroatoms. The number of anilines is 1. The van der Waals surface area contributed by atoms with Gasteiger partial charge in [-0.2, -0.15) is 5.26 Å². The van der Waals surface area contributed by atoms with Crippen LogP contribution in [0.15, 0.2) is 36.5 Å². The van der Waals surface area contributed by atoms with E-state index in [2.05, 4.69) is 11.1 Å². The molecule has 2 unspecified atom stereocenters. The molecule has 5 rings (SSSR count). The minimum atomic E-state index is -0.904. The molecule has 4 heterocycles. The number of halogens is 2. The number of hydrogen-bond acceptors (Lipinski definition) is 5. The van der Waals surface area contributed by atoms with Crippen LogP contribution in [0.5, 0.6) is 0 Å². The van der Waals surface area contributed by atoms with Crippen LogP contribution in [0.3, 0.4) is 0 Å². The molecule has 6 nitrogen and oxygen atoms in total. The Morgan fingerprint density at radius 2 is 1.87 bits per heavy atom. The Kier molecular flexibility index (Phi) is 4.44. The van der Waals surface area contributed by atoms with Gasteiger partial charge < -0.3 is 14.5 Å². The number of rotatable bonds is 2. The van der Waals surface area contributed by atoms with Crippen LogP contribution in [-0.4, -0.2) is 40.7 Å². The Morgan fingerprint density at radius 1 is 1.13 bits per heavy atom. The second kappa shape index (κ2) is 7.03. The predicted molar refractivity (Wildman–Crippen MR) is 103 cm³/mol. The zero-order chi connectivity index (χ0) is 20.9. The average Bonchev–Trinajstić information content (AvgIpc) is 3.26. The summed E-state index contributed by atoms with van der Waals surface area (Å²) >= 11 is 0. The van der Waals surface area contributed by atoms with Gasteiger partial charge in [0.15, 0.2) is 5.60 Å². The molecule has 0 N–H and O–H groups in total. The quantitative estimate of drug-likeness (QED) is 0.760. The van der Waals surface area contributed by atoms with E-state index in [0.29, 0.717) is 55.7 Å². The normalized spacial score (nSPS) is 24.9. The SMILES string of the molecule is N#Cc1ccnc(N2CCC3(CC2)OC2CCC(c4cc(F)cc(F)c4)N2C3=O)c1. The number of carbonyl (C=O) groups excluding carboxylic acids is 1. The van der Waals surface area contributed by atoms with Crippen molar-refractivity contribution in [3.8, 4) is 6.07 Å². The van der Waals surface area contributed by atoms with Crippen molar-refractivity contribution in [1.29, 1.82) is 5.26 Å². The lowest BCUT2D eigenvalue weighted by atomic mass is 9.89. The smallest absolute Gasteiger partial charge is 0.257 e. The molecule has 3 aliphatic heterocycles. The van der Waals surface area contributed by atoms with E-state index in [9.17, 15) is 13.6 Å². The van der Waals surface area contributed by atoms with Gasteiger partial charge in [0.05, 0.1) is 17.7 Å². The van der Waals surface area contributed by atoms with Crippen molar-refractivity contribution in [2.45, 2.75) is 43.6 Å². The number of pyridine rings is 1. The Morgan fingerprint density at radius 3 is 2.57 bits per heavy atom. The Balaban J connectivity index is 1.34. The van der Waals surface area contributed by atoms with Crippen LogP contribution in [-0.2, 0) is 9.53 Å². The van der Waals surface area contributed by atoms with Gasteiger partial charge in [-0.15, -0.1) is 0 Å². The molecule has 1 spiro atoms. The predicted octanol–water partition coefficient (Wildman–Crippen LogP) is 3.29. The minimum Gasteiger partial charge on any atom is -0.356 e. The summed E-state index contributed by atoms with van der Waals surface area (Å²) in [5.74, 6) is -0.673. The van der Waals surface area contributed by atoms with Gasteiger partial charge in [0.1, 0.15) is 23.7 Å². The lowest BCUT2D eigenvalue weighted by molar-refractivity contribution is -0.140. The Bertz CT molecular complexity index is 1030. The first-order valence-corrected chi connectivity index (χ1v) is 10.1. The topological polar surface area (TPSA) is 69.5 Å². The van der Waals surface area contributed by atoms with Gasteiger partial charge in [0.2, 0.25) is 0 Å². The first-order valence-electron chi connectivity index (χ1n) is 10.1. The molecule has 3 fully saturated rings. The van der Waals surface area contributed by atoms with E-state index in [1.54, 1.807) is 23.2 Å². The molecule has 1 aromatic carbocycles. The summed E-state index contributed by atoms with van der Waals surface area (Å²) in [6.45, 7) is 1.15. The standard InChI is InChI=1S/C22H20F2N4O2/c23-16-10-15(11-17(24)12-16)18-1-2-20-28(18)21(29)22(30-20)4-7-27(8-5-22)19-9-14(13-25)3-6-26-19/h3,6,9-12,18,20H,1-2,4-5,7-8H2. The lowest BCUT2D eigenvalue weighted by Crippen LogP contribution is -2.50. The maximum absolute atomic E-state index is 13.7. The molecule has 154 valence electrons. The van der Waals surface area contributed by atoms with Gasteiger partial charge in [-0.3, -0.25) is 4.79 Å². The fraction of sp³-hybridized carbons (Fsp3) is 0.409. The van der Waals surface area contributed by atoms with Gasteiger partial charge >= 0.3 is 0 Å². The van der Waals surface area contributed by atoms with Crippen molar-refractivity contribution < 1.29 is 18.3 Å². The Labute approximate surface area is 172 Å². The number of amides is 1. The molecule has 1 aromatic heterocycles. The zero-order valence-electron chi connectivity index (χ0n) is 16.2. The number of aromatic nitrogens is 1. The van der Waals surface area contributed by atoms with Crippen LogP contribution >= 0.6 is 0 Å². The fourth-order valence-electron chi connectivity index (χ4n) is 4.90. The van der Waals surface area contributed by atoms with Gasteiger partial charge in [0.25, 0.3) is 5.91 Å². The van der Waals surface area contributed by atoms with E-state index in [0.717, 1.165) is 6.07 Å². The van der Waals surface area contributed by atoms with Gasteiger partial charge in [-0.25, -0.2) is 13.8 Å². The molecule has 2 atom stereocenters. The lowest BCUT2D eigenvalue weighted by Gasteiger charge is -2.38. The third-order valence-electron chi connectivity index (χ3n) is 6.36. The van der Waals surface area contributed by atoms with Crippen LogP contribution < -0.4 is 4.90 Å². The van der Waals surface area contributed by atoms with Crippen molar-refractivity contribution >= 4 is 11.7 Å². The van der Waals surface area contributed by atoms with Crippen molar-refractivity contribution in [2.75, 3.05) is 18.0 Å². The maximum Gasteiger partial charge on any atom is 0.257 e. The van der Waals surface area contributed by atoms with Gasteiger partial charge in [0, 0.05) is 38.2 Å². The highest BCUT2D eigenvalue weighted by Gasteiger charge is 2.58. The summed E-state index contributed by atoms with van der Waals surface area (Å²) in [6, 6.07) is 8.56. The summed E-state index contributed by atoms with van der Waals surface area (Å²) in [6.07, 6.45) is 3.51. The number of ether oxygens (including phenoxy) is 1. The maximum atomic E-state index is 13.7. The van der Waals surface area contributed by atoms with E-state index in [4.69, 9.17) is 10.00 Å². The summed E-state index contributed by atoms with van der Waals surface area (Å²) in [5, 5.41) is 9.09. The highest BCUT2D eigenvalue weighted by molar-refractivity contribution is 5.88. The van der Waals surface area contributed by atoms with Crippen molar-refractivity contribution in [1.82, 2.24) is 9.88 Å². The number of benzene rings is 1. The van der Waals surface area contributed by atoms with Crippen LogP contribution in [0.2, 0.25) is 0 Å². The number of nitriles is 1. The average molecular weight is 410 g/mol. The number of nitrogens with zero attached hydrogens (tertiary/aromatic N) is 4. The molecule has 0 saturated carbocycles. The summed E-state index contributed by atoms with van der Waals surface area (Å²) in [7, 11) is 0. The molecule has 3 aliphatic rings. The Hall–Kier alpha value is -3.05. The van der Waals surface area contributed by atoms with E-state index in [1.807, 2.05) is 4.90 Å². The highest BCUT2D eigenvalue weighted by Crippen LogP contribution is 2.48. The molecule has 30 heavy (non-hydrogen) atoms. The second-order valence-corrected chi connectivity index (χ2v) is 8.08. The molecular formula is C22H20F2N4O2. The summed E-state index contributed by atoms with van der Waals surface area (Å²) in [5.41, 5.74) is 0.108. The number of carbonyl (C=O) groups is 1.